The molecular formula is C15H26N2O4. The Morgan fingerprint density at radius 3 is 2.38 bits per heavy atom. The highest BCUT2D eigenvalue weighted by Crippen LogP contribution is 2.31. The molecule has 4 N–H and O–H groups in total. The molecule has 6 heteroatoms. The smallest absolute Gasteiger partial charge is 0.306 e. The van der Waals surface area contributed by atoms with E-state index in [-0.39, 0.29) is 11.8 Å². The predicted octanol–water partition coefficient (Wildman–Crippen LogP) is 0.641. The lowest BCUT2D eigenvalue weighted by atomic mass is 9.79. The van der Waals surface area contributed by atoms with E-state index in [1.165, 1.54) is 0 Å². The third kappa shape index (κ3) is 5.63. The van der Waals surface area contributed by atoms with Gasteiger partial charge in [-0.1, -0.05) is 0 Å². The molecule has 0 aromatic rings. The van der Waals surface area contributed by atoms with Gasteiger partial charge in [0.05, 0.1) is 11.5 Å². The molecule has 2 saturated carbocycles. The summed E-state index contributed by atoms with van der Waals surface area (Å²) in [5, 5.41) is 25.4. The molecule has 0 spiro atoms. The van der Waals surface area contributed by atoms with E-state index >= 15 is 0 Å². The molecule has 6 nitrogen and oxygen atoms in total. The lowest BCUT2D eigenvalue weighted by Crippen LogP contribution is -2.44. The number of carboxylic acids is 1. The molecule has 0 saturated heterocycles. The molecular weight excluding hydrogens is 272 g/mol. The van der Waals surface area contributed by atoms with E-state index < -0.39 is 11.6 Å². The van der Waals surface area contributed by atoms with Crippen LogP contribution in [-0.4, -0.2) is 46.8 Å². The van der Waals surface area contributed by atoms with Crippen LogP contribution < -0.4 is 10.6 Å². The number of carbonyl (C=O) groups is 2. The summed E-state index contributed by atoms with van der Waals surface area (Å²) in [4.78, 5) is 22.4. The average molecular weight is 298 g/mol. The summed E-state index contributed by atoms with van der Waals surface area (Å²) in [7, 11) is 0. The second-order valence-electron chi connectivity index (χ2n) is 6.46. The van der Waals surface area contributed by atoms with E-state index in [0.717, 1.165) is 19.3 Å². The number of carboxylic acid groups (broad SMARTS) is 1. The van der Waals surface area contributed by atoms with Crippen LogP contribution in [-0.2, 0) is 9.59 Å². The van der Waals surface area contributed by atoms with Gasteiger partial charge in [0.1, 0.15) is 0 Å². The Kier molecular flexibility index (Phi) is 5.58. The van der Waals surface area contributed by atoms with Gasteiger partial charge < -0.3 is 20.8 Å². The summed E-state index contributed by atoms with van der Waals surface area (Å²) in [6.45, 7) is 1.17. The molecule has 0 unspecified atom stereocenters. The number of carbonyl (C=O) groups excluding carboxylic acids is 1. The number of aliphatic carboxylic acids is 1. The van der Waals surface area contributed by atoms with Crippen LogP contribution in [0.3, 0.4) is 0 Å². The van der Waals surface area contributed by atoms with Crippen molar-refractivity contribution in [3.8, 4) is 0 Å². The van der Waals surface area contributed by atoms with Crippen molar-refractivity contribution in [3.63, 3.8) is 0 Å². The lowest BCUT2D eigenvalue weighted by Gasteiger charge is -2.34. The Morgan fingerprint density at radius 1 is 1.14 bits per heavy atom. The Balaban J connectivity index is 1.53. The highest BCUT2D eigenvalue weighted by atomic mass is 16.4. The van der Waals surface area contributed by atoms with Gasteiger partial charge >= 0.3 is 5.97 Å². The minimum atomic E-state index is -0.789. The van der Waals surface area contributed by atoms with Gasteiger partial charge in [0.2, 0.25) is 5.91 Å². The molecule has 0 aromatic carbocycles. The van der Waals surface area contributed by atoms with E-state index in [1.807, 2.05) is 0 Å². The van der Waals surface area contributed by atoms with Crippen LogP contribution in [0.5, 0.6) is 0 Å². The molecule has 0 bridgehead atoms. The van der Waals surface area contributed by atoms with Crippen LogP contribution in [0.25, 0.3) is 0 Å². The third-order valence-electron chi connectivity index (χ3n) is 4.42. The zero-order valence-electron chi connectivity index (χ0n) is 12.4. The second-order valence-corrected chi connectivity index (χ2v) is 6.46. The van der Waals surface area contributed by atoms with Crippen LogP contribution in [0.1, 0.15) is 51.4 Å². The Hall–Kier alpha value is -1.14. The molecule has 2 aliphatic carbocycles. The van der Waals surface area contributed by atoms with Crippen LogP contribution in [0, 0.1) is 5.92 Å². The van der Waals surface area contributed by atoms with Crippen molar-refractivity contribution in [1.82, 2.24) is 10.6 Å². The lowest BCUT2D eigenvalue weighted by molar-refractivity contribution is -0.144. The average Bonchev–Trinajstić information content (AvgIpc) is 3.22. The number of amides is 1. The molecule has 0 radical (unpaired) electrons. The van der Waals surface area contributed by atoms with Crippen molar-refractivity contribution < 1.29 is 19.8 Å². The van der Waals surface area contributed by atoms with Crippen molar-refractivity contribution in [2.24, 2.45) is 5.92 Å². The van der Waals surface area contributed by atoms with E-state index in [4.69, 9.17) is 5.11 Å². The number of hydrogen-bond acceptors (Lipinski definition) is 4. The van der Waals surface area contributed by atoms with E-state index in [9.17, 15) is 14.7 Å². The molecule has 0 aromatic heterocycles. The monoisotopic (exact) mass is 298 g/mol. The standard InChI is InChI=1S/C15H26N2O4/c18-13(17-12-3-4-12)2-1-9-16-10-15(21)7-5-11(6-8-15)14(19)20/h11-12,16,21H,1-10H2,(H,17,18)(H,19,20). The van der Waals surface area contributed by atoms with Gasteiger partial charge in [-0.2, -0.15) is 0 Å². The largest absolute Gasteiger partial charge is 0.481 e. The zero-order chi connectivity index (χ0) is 15.3. The van der Waals surface area contributed by atoms with Gasteiger partial charge in [0, 0.05) is 19.0 Å². The van der Waals surface area contributed by atoms with Gasteiger partial charge in [-0.15, -0.1) is 0 Å². The fraction of sp³-hybridized carbons (Fsp3) is 0.867. The maximum Gasteiger partial charge on any atom is 0.306 e. The fourth-order valence-electron chi connectivity index (χ4n) is 2.80. The highest BCUT2D eigenvalue weighted by molar-refractivity contribution is 5.76. The fourth-order valence-corrected chi connectivity index (χ4v) is 2.80. The van der Waals surface area contributed by atoms with Crippen LogP contribution in [0.2, 0.25) is 0 Å². The minimum absolute atomic E-state index is 0.111. The van der Waals surface area contributed by atoms with E-state index in [0.29, 0.717) is 51.2 Å². The number of rotatable bonds is 8. The molecule has 2 rings (SSSR count). The summed E-state index contributed by atoms with van der Waals surface area (Å²) in [6, 6.07) is 0.413. The van der Waals surface area contributed by atoms with Crippen LogP contribution in [0.15, 0.2) is 0 Å². The first-order chi connectivity index (χ1) is 9.98. The SMILES string of the molecule is O=C(CCCNCC1(O)CCC(C(=O)O)CC1)NC1CC1. The first kappa shape index (κ1) is 16.2. The zero-order valence-corrected chi connectivity index (χ0v) is 12.4. The van der Waals surface area contributed by atoms with Crippen molar-refractivity contribution in [3.05, 3.63) is 0 Å². The predicted molar refractivity (Wildman–Crippen MR) is 77.8 cm³/mol. The first-order valence-electron chi connectivity index (χ1n) is 7.94. The van der Waals surface area contributed by atoms with Crippen molar-refractivity contribution in [1.29, 1.82) is 0 Å². The quantitative estimate of drug-likeness (QED) is 0.493. The normalized spacial score (nSPS) is 29.1. The van der Waals surface area contributed by atoms with Crippen molar-refractivity contribution >= 4 is 11.9 Å². The Labute approximate surface area is 125 Å². The Bertz CT molecular complexity index is 374. The molecule has 0 heterocycles. The second kappa shape index (κ2) is 7.22. The molecule has 21 heavy (non-hydrogen) atoms. The number of nitrogens with one attached hydrogen (secondary N) is 2. The van der Waals surface area contributed by atoms with Crippen LogP contribution in [0.4, 0.5) is 0 Å². The molecule has 0 atom stereocenters. The maximum atomic E-state index is 11.5. The molecule has 120 valence electrons. The number of aliphatic hydroxyl groups is 1. The van der Waals surface area contributed by atoms with Crippen molar-refractivity contribution in [2.45, 2.75) is 63.0 Å². The summed E-state index contributed by atoms with van der Waals surface area (Å²) < 4.78 is 0. The molecule has 0 aliphatic heterocycles. The summed E-state index contributed by atoms with van der Waals surface area (Å²) >= 11 is 0. The topological polar surface area (TPSA) is 98.7 Å². The summed E-state index contributed by atoms with van der Waals surface area (Å²) in [6.07, 6.45) is 5.62. The van der Waals surface area contributed by atoms with Gasteiger partial charge in [-0.3, -0.25) is 9.59 Å². The highest BCUT2D eigenvalue weighted by Gasteiger charge is 2.35. The third-order valence-corrected chi connectivity index (χ3v) is 4.42. The summed E-state index contributed by atoms with van der Waals surface area (Å²) in [5.74, 6) is -0.956. The van der Waals surface area contributed by atoms with E-state index in [2.05, 4.69) is 10.6 Å². The summed E-state index contributed by atoms with van der Waals surface area (Å²) in [5.41, 5.74) is -0.789. The maximum absolute atomic E-state index is 11.5. The van der Waals surface area contributed by atoms with Crippen LogP contribution >= 0.6 is 0 Å². The first-order valence-corrected chi connectivity index (χ1v) is 7.94. The number of hydrogen-bond donors (Lipinski definition) is 4. The van der Waals surface area contributed by atoms with Gasteiger partial charge in [0.25, 0.3) is 0 Å². The van der Waals surface area contributed by atoms with Gasteiger partial charge in [0.15, 0.2) is 0 Å². The minimum Gasteiger partial charge on any atom is -0.481 e. The van der Waals surface area contributed by atoms with Gasteiger partial charge in [-0.05, 0) is 51.5 Å². The van der Waals surface area contributed by atoms with E-state index in [1.54, 1.807) is 0 Å². The molecule has 2 fully saturated rings. The Morgan fingerprint density at radius 2 is 1.81 bits per heavy atom. The molecule has 2 aliphatic rings. The van der Waals surface area contributed by atoms with Crippen molar-refractivity contribution in [2.75, 3.05) is 13.1 Å². The van der Waals surface area contributed by atoms with Gasteiger partial charge in [-0.25, -0.2) is 0 Å². The molecule has 1 amide bonds.